The van der Waals surface area contributed by atoms with Crippen LogP contribution in [0, 0.1) is 6.92 Å². The molecule has 2 heterocycles. The van der Waals surface area contributed by atoms with Gasteiger partial charge in [0.1, 0.15) is 0 Å². The van der Waals surface area contributed by atoms with Gasteiger partial charge in [0, 0.05) is 19.1 Å². The Morgan fingerprint density at radius 1 is 1.37 bits per heavy atom. The van der Waals surface area contributed by atoms with Crippen molar-refractivity contribution < 1.29 is 0 Å². The summed E-state index contributed by atoms with van der Waals surface area (Å²) in [4.78, 5) is 8.50. The standard InChI is InChI=1S/C15H25N3S/c1-11(12(2)16-4)10-14-13(3)17-15(19-14)18-8-6-5-7-9-18/h10,12,16H,5-9H2,1-4H3. The van der Waals surface area contributed by atoms with E-state index in [1.807, 2.05) is 18.4 Å². The van der Waals surface area contributed by atoms with Crippen molar-refractivity contribution in [1.29, 1.82) is 0 Å². The molecule has 1 aliphatic rings. The number of hydrogen-bond donors (Lipinski definition) is 1. The van der Waals surface area contributed by atoms with E-state index in [1.54, 1.807) is 0 Å². The molecule has 0 saturated carbocycles. The first-order valence-electron chi connectivity index (χ1n) is 7.19. The number of likely N-dealkylation sites (N-methyl/N-ethyl adjacent to an activating group) is 1. The summed E-state index contributed by atoms with van der Waals surface area (Å²) in [5, 5.41) is 4.48. The average Bonchev–Trinajstić information content (AvgIpc) is 2.80. The van der Waals surface area contributed by atoms with Crippen LogP contribution in [0.25, 0.3) is 6.08 Å². The number of nitrogens with zero attached hydrogens (tertiary/aromatic N) is 2. The zero-order chi connectivity index (χ0) is 13.8. The molecule has 1 atom stereocenters. The summed E-state index contributed by atoms with van der Waals surface area (Å²) in [7, 11) is 2.00. The van der Waals surface area contributed by atoms with Crippen molar-refractivity contribution in [3.63, 3.8) is 0 Å². The van der Waals surface area contributed by atoms with Gasteiger partial charge in [-0.25, -0.2) is 4.98 Å². The number of thiazole rings is 1. The van der Waals surface area contributed by atoms with Crippen molar-refractivity contribution in [3.8, 4) is 0 Å². The van der Waals surface area contributed by atoms with Gasteiger partial charge in [0.25, 0.3) is 0 Å². The minimum Gasteiger partial charge on any atom is -0.348 e. The Hall–Kier alpha value is -0.870. The zero-order valence-electron chi connectivity index (χ0n) is 12.5. The minimum atomic E-state index is 0.417. The Morgan fingerprint density at radius 3 is 2.68 bits per heavy atom. The van der Waals surface area contributed by atoms with Crippen LogP contribution in [0.1, 0.15) is 43.7 Å². The second-order valence-corrected chi connectivity index (χ2v) is 6.40. The molecule has 1 fully saturated rings. The largest absolute Gasteiger partial charge is 0.348 e. The Balaban J connectivity index is 2.16. The lowest BCUT2D eigenvalue weighted by Crippen LogP contribution is -2.29. The molecular weight excluding hydrogens is 254 g/mol. The van der Waals surface area contributed by atoms with Crippen LogP contribution >= 0.6 is 11.3 Å². The van der Waals surface area contributed by atoms with Gasteiger partial charge in [0.2, 0.25) is 0 Å². The predicted octanol–water partition coefficient (Wildman–Crippen LogP) is 3.45. The number of aryl methyl sites for hydroxylation is 1. The van der Waals surface area contributed by atoms with E-state index in [9.17, 15) is 0 Å². The number of aromatic nitrogens is 1. The van der Waals surface area contributed by atoms with Crippen LogP contribution in [0.4, 0.5) is 5.13 Å². The summed E-state index contributed by atoms with van der Waals surface area (Å²) in [6, 6.07) is 0.417. The number of anilines is 1. The number of hydrogen-bond acceptors (Lipinski definition) is 4. The fourth-order valence-corrected chi connectivity index (χ4v) is 3.44. The third kappa shape index (κ3) is 3.57. The van der Waals surface area contributed by atoms with Crippen molar-refractivity contribution in [3.05, 3.63) is 16.1 Å². The lowest BCUT2D eigenvalue weighted by Gasteiger charge is -2.25. The third-order valence-corrected chi connectivity index (χ3v) is 5.09. The van der Waals surface area contributed by atoms with E-state index >= 15 is 0 Å². The second-order valence-electron chi connectivity index (χ2n) is 5.39. The highest BCUT2D eigenvalue weighted by Crippen LogP contribution is 2.30. The molecule has 4 heteroatoms. The summed E-state index contributed by atoms with van der Waals surface area (Å²) >= 11 is 1.83. The molecule has 1 saturated heterocycles. The topological polar surface area (TPSA) is 28.2 Å². The summed E-state index contributed by atoms with van der Waals surface area (Å²) in [5.41, 5.74) is 2.52. The Bertz CT molecular complexity index is 444. The van der Waals surface area contributed by atoms with Crippen LogP contribution in [0.15, 0.2) is 5.57 Å². The van der Waals surface area contributed by atoms with E-state index in [4.69, 9.17) is 4.98 Å². The van der Waals surface area contributed by atoms with Crippen molar-refractivity contribution >= 4 is 22.5 Å². The van der Waals surface area contributed by atoms with Gasteiger partial charge in [-0.15, -0.1) is 0 Å². The van der Waals surface area contributed by atoms with E-state index in [0.717, 1.165) is 5.69 Å². The molecule has 0 radical (unpaired) electrons. The number of nitrogens with one attached hydrogen (secondary N) is 1. The third-order valence-electron chi connectivity index (χ3n) is 3.92. The number of piperidine rings is 1. The van der Waals surface area contributed by atoms with Crippen LogP contribution in [0.3, 0.4) is 0 Å². The summed E-state index contributed by atoms with van der Waals surface area (Å²) in [6.45, 7) is 8.83. The van der Waals surface area contributed by atoms with Gasteiger partial charge in [-0.3, -0.25) is 0 Å². The van der Waals surface area contributed by atoms with Gasteiger partial charge in [-0.1, -0.05) is 16.9 Å². The van der Waals surface area contributed by atoms with Gasteiger partial charge in [0.05, 0.1) is 10.6 Å². The maximum absolute atomic E-state index is 4.75. The quantitative estimate of drug-likeness (QED) is 0.915. The Kier molecular flexibility index (Phi) is 4.99. The molecule has 106 valence electrons. The van der Waals surface area contributed by atoms with E-state index in [1.165, 1.54) is 47.9 Å². The van der Waals surface area contributed by atoms with Crippen LogP contribution in [-0.2, 0) is 0 Å². The zero-order valence-corrected chi connectivity index (χ0v) is 13.3. The molecule has 0 amide bonds. The lowest BCUT2D eigenvalue weighted by atomic mass is 10.1. The van der Waals surface area contributed by atoms with Crippen LogP contribution in [-0.4, -0.2) is 31.2 Å². The first kappa shape index (κ1) is 14.5. The van der Waals surface area contributed by atoms with Gasteiger partial charge in [-0.05, 0) is 53.2 Å². The monoisotopic (exact) mass is 279 g/mol. The molecule has 3 nitrogen and oxygen atoms in total. The highest BCUT2D eigenvalue weighted by atomic mass is 32.1. The van der Waals surface area contributed by atoms with E-state index in [0.29, 0.717) is 6.04 Å². The Labute approximate surface area is 120 Å². The molecule has 0 bridgehead atoms. The molecule has 0 aliphatic carbocycles. The van der Waals surface area contributed by atoms with Crippen molar-refractivity contribution in [2.24, 2.45) is 0 Å². The van der Waals surface area contributed by atoms with E-state index in [-0.39, 0.29) is 0 Å². The average molecular weight is 279 g/mol. The summed E-state index contributed by atoms with van der Waals surface area (Å²) < 4.78 is 0. The van der Waals surface area contributed by atoms with Crippen LogP contribution in [0.2, 0.25) is 0 Å². The van der Waals surface area contributed by atoms with Crippen LogP contribution in [0.5, 0.6) is 0 Å². The fraction of sp³-hybridized carbons (Fsp3) is 0.667. The molecule has 0 aromatic carbocycles. The second kappa shape index (κ2) is 6.53. The maximum atomic E-state index is 4.75. The predicted molar refractivity (Wildman–Crippen MR) is 85.1 cm³/mol. The molecule has 1 aromatic rings. The molecule has 1 unspecified atom stereocenters. The molecule has 1 N–H and O–H groups in total. The summed E-state index contributed by atoms with van der Waals surface area (Å²) in [6.07, 6.45) is 6.26. The van der Waals surface area contributed by atoms with Gasteiger partial charge in [0.15, 0.2) is 5.13 Å². The lowest BCUT2D eigenvalue weighted by molar-refractivity contribution is 0.576. The Morgan fingerprint density at radius 2 is 2.05 bits per heavy atom. The van der Waals surface area contributed by atoms with E-state index < -0.39 is 0 Å². The maximum Gasteiger partial charge on any atom is 0.186 e. The van der Waals surface area contributed by atoms with Crippen molar-refractivity contribution in [2.75, 3.05) is 25.0 Å². The fourth-order valence-electron chi connectivity index (χ4n) is 2.31. The first-order chi connectivity index (χ1) is 9.11. The molecule has 1 aromatic heterocycles. The first-order valence-corrected chi connectivity index (χ1v) is 8.01. The van der Waals surface area contributed by atoms with Gasteiger partial charge in [-0.2, -0.15) is 0 Å². The molecule has 19 heavy (non-hydrogen) atoms. The molecular formula is C15H25N3S. The molecule has 0 spiro atoms. The van der Waals surface area contributed by atoms with E-state index in [2.05, 4.69) is 37.1 Å². The van der Waals surface area contributed by atoms with Crippen molar-refractivity contribution in [2.45, 2.75) is 46.1 Å². The summed E-state index contributed by atoms with van der Waals surface area (Å²) in [5.74, 6) is 0. The van der Waals surface area contributed by atoms with Crippen LogP contribution < -0.4 is 10.2 Å². The molecule has 2 rings (SSSR count). The van der Waals surface area contributed by atoms with Crippen molar-refractivity contribution in [1.82, 2.24) is 10.3 Å². The minimum absolute atomic E-state index is 0.417. The smallest absolute Gasteiger partial charge is 0.186 e. The SMILES string of the molecule is CNC(C)C(C)=Cc1sc(N2CCCCC2)nc1C. The highest BCUT2D eigenvalue weighted by Gasteiger charge is 2.16. The molecule has 1 aliphatic heterocycles. The highest BCUT2D eigenvalue weighted by molar-refractivity contribution is 7.16. The van der Waals surface area contributed by atoms with Gasteiger partial charge >= 0.3 is 0 Å². The number of rotatable bonds is 4. The van der Waals surface area contributed by atoms with Gasteiger partial charge < -0.3 is 10.2 Å². The normalized spacial score (nSPS) is 18.7.